The van der Waals surface area contributed by atoms with Gasteiger partial charge in [0.05, 0.1) is 5.52 Å². The molecule has 3 rings (SSSR count). The predicted octanol–water partition coefficient (Wildman–Crippen LogP) is 2.79. The smallest absolute Gasteiger partial charge is 0.414 e. The number of carboxylic acid groups (broad SMARTS) is 2. The van der Waals surface area contributed by atoms with Gasteiger partial charge in [0.25, 0.3) is 0 Å². The van der Waals surface area contributed by atoms with Crippen molar-refractivity contribution in [3.8, 4) is 0 Å². The fraction of sp³-hybridized carbons (Fsp3) is 0.476. The van der Waals surface area contributed by atoms with E-state index < -0.39 is 11.9 Å². The zero-order chi connectivity index (χ0) is 20.5. The number of aromatic nitrogens is 1. The maximum Gasteiger partial charge on any atom is 0.414 e. The lowest BCUT2D eigenvalue weighted by molar-refractivity contribution is -0.159. The van der Waals surface area contributed by atoms with Crippen molar-refractivity contribution in [2.24, 2.45) is 11.5 Å². The van der Waals surface area contributed by atoms with Crippen LogP contribution in [0.1, 0.15) is 61.4 Å². The summed E-state index contributed by atoms with van der Waals surface area (Å²) in [6.45, 7) is 0.781. The Morgan fingerprint density at radius 1 is 1.04 bits per heavy atom. The molecule has 0 saturated carbocycles. The third kappa shape index (κ3) is 5.74. The molecule has 1 heterocycles. The van der Waals surface area contributed by atoms with Crippen molar-refractivity contribution in [3.05, 3.63) is 41.1 Å². The largest absolute Gasteiger partial charge is 0.473 e. The lowest BCUT2D eigenvalue weighted by atomic mass is 9.85. The second-order valence-corrected chi connectivity index (χ2v) is 7.03. The van der Waals surface area contributed by atoms with Gasteiger partial charge in [0.1, 0.15) is 0 Å². The van der Waals surface area contributed by atoms with E-state index in [1.165, 1.54) is 41.5 Å². The number of rotatable bonds is 6. The van der Waals surface area contributed by atoms with Crippen molar-refractivity contribution >= 4 is 22.8 Å². The van der Waals surface area contributed by atoms with Crippen LogP contribution in [0.3, 0.4) is 0 Å². The molecule has 152 valence electrons. The van der Waals surface area contributed by atoms with Gasteiger partial charge in [0, 0.05) is 17.1 Å². The summed E-state index contributed by atoms with van der Waals surface area (Å²) in [5, 5.41) is 16.0. The molecule has 1 aliphatic carbocycles. The van der Waals surface area contributed by atoms with Crippen molar-refractivity contribution in [1.82, 2.24) is 4.98 Å². The topological polar surface area (TPSA) is 140 Å². The molecule has 0 saturated heterocycles. The molecular weight excluding hydrogens is 358 g/mol. The van der Waals surface area contributed by atoms with Crippen molar-refractivity contribution < 1.29 is 19.8 Å². The van der Waals surface area contributed by atoms with E-state index in [-0.39, 0.29) is 6.04 Å². The molecule has 1 atom stereocenters. The molecule has 0 bridgehead atoms. The van der Waals surface area contributed by atoms with E-state index in [9.17, 15) is 0 Å². The normalized spacial score (nSPS) is 13.9. The number of aryl methyl sites for hydroxylation is 1. The second kappa shape index (κ2) is 10.7. The van der Waals surface area contributed by atoms with Crippen LogP contribution in [0, 0.1) is 0 Å². The van der Waals surface area contributed by atoms with Gasteiger partial charge in [0.2, 0.25) is 0 Å². The predicted molar refractivity (Wildman–Crippen MR) is 108 cm³/mol. The summed E-state index contributed by atoms with van der Waals surface area (Å²) in [5.74, 6) is -3.65. The van der Waals surface area contributed by atoms with Gasteiger partial charge >= 0.3 is 11.9 Å². The molecule has 0 spiro atoms. The molecular formula is C21H29N3O4. The number of hydrogen-bond acceptors (Lipinski definition) is 5. The minimum Gasteiger partial charge on any atom is -0.473 e. The number of nitrogens with zero attached hydrogens (tertiary/aromatic N) is 1. The van der Waals surface area contributed by atoms with Crippen LogP contribution in [-0.4, -0.2) is 33.7 Å². The van der Waals surface area contributed by atoms with Crippen molar-refractivity contribution in [1.29, 1.82) is 0 Å². The van der Waals surface area contributed by atoms with Crippen LogP contribution < -0.4 is 11.5 Å². The SMILES string of the molecule is NCCCCCC(N)c1c2c(nc3ccccc13)CCCC2.O=C(O)C(=O)O. The molecule has 6 N–H and O–H groups in total. The fourth-order valence-electron chi connectivity index (χ4n) is 3.66. The van der Waals surface area contributed by atoms with E-state index in [1.54, 1.807) is 0 Å². The molecule has 7 nitrogen and oxygen atoms in total. The number of benzene rings is 1. The standard InChI is InChI=1S/C19H27N3.C2H2O4/c20-13-7-1-2-10-16(21)19-14-8-3-5-11-17(14)22-18-12-6-4-9-15(18)19;3-1(4)2(5)6/h3,5,8,11,16H,1-2,4,6-7,9-10,12-13,20-21H2;(H,3,4)(H,5,6). The van der Waals surface area contributed by atoms with Crippen LogP contribution in [0.2, 0.25) is 0 Å². The van der Waals surface area contributed by atoms with E-state index in [0.717, 1.165) is 44.2 Å². The van der Waals surface area contributed by atoms with Gasteiger partial charge in [-0.15, -0.1) is 0 Å². The van der Waals surface area contributed by atoms with E-state index in [4.69, 9.17) is 36.3 Å². The molecule has 0 amide bonds. The molecule has 1 aromatic heterocycles. The first-order chi connectivity index (χ1) is 13.5. The van der Waals surface area contributed by atoms with Crippen LogP contribution in [0.15, 0.2) is 24.3 Å². The van der Waals surface area contributed by atoms with Crippen LogP contribution in [-0.2, 0) is 22.4 Å². The average Bonchev–Trinajstić information content (AvgIpc) is 2.69. The summed E-state index contributed by atoms with van der Waals surface area (Å²) < 4.78 is 0. The lowest BCUT2D eigenvalue weighted by Crippen LogP contribution is -2.18. The summed E-state index contributed by atoms with van der Waals surface area (Å²) in [6.07, 6.45) is 9.23. The van der Waals surface area contributed by atoms with Gasteiger partial charge in [-0.05, 0) is 62.3 Å². The summed E-state index contributed by atoms with van der Waals surface area (Å²) in [6, 6.07) is 8.60. The Morgan fingerprint density at radius 3 is 2.39 bits per heavy atom. The first-order valence-electron chi connectivity index (χ1n) is 9.78. The first kappa shape index (κ1) is 21.8. The Bertz CT molecular complexity index is 811. The Hall–Kier alpha value is -2.51. The zero-order valence-electron chi connectivity index (χ0n) is 16.1. The summed E-state index contributed by atoms with van der Waals surface area (Å²) in [5.41, 5.74) is 17.4. The third-order valence-corrected chi connectivity index (χ3v) is 4.99. The molecule has 0 fully saturated rings. The van der Waals surface area contributed by atoms with E-state index in [0.29, 0.717) is 0 Å². The number of carboxylic acids is 2. The molecule has 2 aromatic rings. The number of unbranched alkanes of at least 4 members (excludes halogenated alkanes) is 2. The van der Waals surface area contributed by atoms with Crippen LogP contribution in [0.25, 0.3) is 10.9 Å². The maximum absolute atomic E-state index is 9.10. The second-order valence-electron chi connectivity index (χ2n) is 7.03. The Morgan fingerprint density at radius 2 is 1.71 bits per heavy atom. The molecule has 28 heavy (non-hydrogen) atoms. The first-order valence-corrected chi connectivity index (χ1v) is 9.78. The monoisotopic (exact) mass is 387 g/mol. The lowest BCUT2D eigenvalue weighted by Gasteiger charge is -2.24. The number of pyridine rings is 1. The quantitative estimate of drug-likeness (QED) is 0.441. The van der Waals surface area contributed by atoms with Gasteiger partial charge in [0.15, 0.2) is 0 Å². The highest BCUT2D eigenvalue weighted by Gasteiger charge is 2.21. The van der Waals surface area contributed by atoms with Gasteiger partial charge in [-0.3, -0.25) is 4.98 Å². The van der Waals surface area contributed by atoms with E-state index in [2.05, 4.69) is 24.3 Å². The van der Waals surface area contributed by atoms with Crippen LogP contribution >= 0.6 is 0 Å². The van der Waals surface area contributed by atoms with E-state index >= 15 is 0 Å². The van der Waals surface area contributed by atoms with Crippen molar-refractivity contribution in [2.45, 2.75) is 57.4 Å². The molecule has 7 heteroatoms. The van der Waals surface area contributed by atoms with Gasteiger partial charge in [-0.25, -0.2) is 9.59 Å². The number of nitrogens with two attached hydrogens (primary N) is 2. The van der Waals surface area contributed by atoms with Gasteiger partial charge in [-0.1, -0.05) is 31.0 Å². The minimum atomic E-state index is -1.82. The van der Waals surface area contributed by atoms with E-state index in [1.807, 2.05) is 0 Å². The molecule has 0 radical (unpaired) electrons. The Kier molecular flexibility index (Phi) is 8.35. The Balaban J connectivity index is 0.000000409. The summed E-state index contributed by atoms with van der Waals surface area (Å²) >= 11 is 0. The molecule has 1 aromatic carbocycles. The average molecular weight is 387 g/mol. The van der Waals surface area contributed by atoms with Crippen LogP contribution in [0.4, 0.5) is 0 Å². The number of fused-ring (bicyclic) bond motifs is 2. The van der Waals surface area contributed by atoms with Crippen molar-refractivity contribution in [3.63, 3.8) is 0 Å². The highest BCUT2D eigenvalue weighted by Crippen LogP contribution is 2.34. The van der Waals surface area contributed by atoms with Gasteiger partial charge < -0.3 is 21.7 Å². The van der Waals surface area contributed by atoms with Crippen LogP contribution in [0.5, 0.6) is 0 Å². The highest BCUT2D eigenvalue weighted by atomic mass is 16.4. The number of aliphatic carboxylic acids is 2. The Labute approximate surface area is 164 Å². The number of para-hydroxylation sites is 1. The number of hydrogen-bond donors (Lipinski definition) is 4. The number of carbonyl (C=O) groups is 2. The maximum atomic E-state index is 9.10. The highest BCUT2D eigenvalue weighted by molar-refractivity contribution is 6.27. The fourth-order valence-corrected chi connectivity index (χ4v) is 3.66. The van der Waals surface area contributed by atoms with Gasteiger partial charge in [-0.2, -0.15) is 0 Å². The third-order valence-electron chi connectivity index (χ3n) is 4.99. The summed E-state index contributed by atoms with van der Waals surface area (Å²) in [4.78, 5) is 23.1. The molecule has 1 aliphatic rings. The molecule has 1 unspecified atom stereocenters. The minimum absolute atomic E-state index is 0.123. The van der Waals surface area contributed by atoms with Crippen molar-refractivity contribution in [2.75, 3.05) is 6.54 Å². The summed E-state index contributed by atoms with van der Waals surface area (Å²) in [7, 11) is 0. The molecule has 0 aliphatic heterocycles. The zero-order valence-corrected chi connectivity index (χ0v) is 16.1.